The molecule has 202 valence electrons. The van der Waals surface area contributed by atoms with Crippen molar-refractivity contribution >= 4 is 11.7 Å². The van der Waals surface area contributed by atoms with E-state index in [4.69, 9.17) is 14.2 Å². The number of nitrogens with one attached hydrogen (secondary N) is 1. The van der Waals surface area contributed by atoms with Gasteiger partial charge in [-0.1, -0.05) is 91.0 Å². The zero-order valence-corrected chi connectivity index (χ0v) is 22.2. The topological polar surface area (TPSA) is 96.9 Å². The number of carbonyl (C=O) groups excluding carboxylic acids is 1. The second-order valence-corrected chi connectivity index (χ2v) is 9.59. The minimum absolute atomic E-state index is 0.140. The van der Waals surface area contributed by atoms with E-state index in [9.17, 15) is 9.90 Å². The number of H-pyrrole nitrogens is 1. The summed E-state index contributed by atoms with van der Waals surface area (Å²) in [6, 6.07) is 28.0. The van der Waals surface area contributed by atoms with E-state index in [1.54, 1.807) is 17.3 Å². The molecule has 1 aliphatic rings. The van der Waals surface area contributed by atoms with Gasteiger partial charge in [0, 0.05) is 33.0 Å². The summed E-state index contributed by atoms with van der Waals surface area (Å²) in [4.78, 5) is 22.0. The van der Waals surface area contributed by atoms with Gasteiger partial charge in [0.25, 0.3) is 0 Å². The molecule has 3 aromatic carbocycles. The fraction of sp³-hybridized carbons (Fsp3) is 0.290. The van der Waals surface area contributed by atoms with Gasteiger partial charge in [0.15, 0.2) is 5.78 Å². The van der Waals surface area contributed by atoms with Gasteiger partial charge in [-0.3, -0.25) is 4.79 Å². The fourth-order valence-electron chi connectivity index (χ4n) is 5.72. The molecule has 1 saturated heterocycles. The molecule has 0 aliphatic carbocycles. The fourth-order valence-corrected chi connectivity index (χ4v) is 5.72. The molecular formula is C31H33N3O5. The Morgan fingerprint density at radius 3 is 1.77 bits per heavy atom. The van der Waals surface area contributed by atoms with Gasteiger partial charge >= 0.3 is 5.97 Å². The van der Waals surface area contributed by atoms with Crippen LogP contribution in [0.15, 0.2) is 103 Å². The van der Waals surface area contributed by atoms with Crippen molar-refractivity contribution in [3.8, 4) is 0 Å². The normalized spacial score (nSPS) is 19.8. The van der Waals surface area contributed by atoms with Crippen LogP contribution in [0.2, 0.25) is 0 Å². The Kier molecular flexibility index (Phi) is 7.63. The molecule has 0 amide bonds. The molecule has 0 spiro atoms. The van der Waals surface area contributed by atoms with Gasteiger partial charge in [-0.05, 0) is 23.6 Å². The number of carbonyl (C=O) groups is 1. The largest absolute Gasteiger partial charge is 0.390 e. The van der Waals surface area contributed by atoms with E-state index in [-0.39, 0.29) is 12.2 Å². The van der Waals surface area contributed by atoms with Gasteiger partial charge in [0.05, 0.1) is 6.10 Å². The molecule has 8 heteroatoms. The Hall–Kier alpha value is -3.82. The van der Waals surface area contributed by atoms with E-state index in [1.165, 1.54) is 21.1 Å². The highest BCUT2D eigenvalue weighted by Gasteiger charge is 2.59. The van der Waals surface area contributed by atoms with Crippen LogP contribution in [-0.2, 0) is 24.6 Å². The monoisotopic (exact) mass is 527 g/mol. The lowest BCUT2D eigenvalue weighted by Gasteiger charge is -2.47. The number of aliphatic hydroxyl groups excluding tert-OH is 1. The van der Waals surface area contributed by atoms with Crippen molar-refractivity contribution in [3.05, 3.63) is 120 Å². The molecule has 3 unspecified atom stereocenters. The summed E-state index contributed by atoms with van der Waals surface area (Å²) in [6.45, 7) is 1.45. The number of ether oxygens (including phenoxy) is 3. The number of hydrogen-bond donors (Lipinski definition) is 2. The average Bonchev–Trinajstić information content (AvgIpc) is 3.64. The number of imidazole rings is 1. The number of nitrogens with zero attached hydrogens (tertiary/aromatic N) is 2. The van der Waals surface area contributed by atoms with Crippen LogP contribution in [-0.4, -0.2) is 59.2 Å². The van der Waals surface area contributed by atoms with Gasteiger partial charge in [0.1, 0.15) is 17.7 Å². The van der Waals surface area contributed by atoms with Crippen LogP contribution < -0.4 is 4.90 Å². The highest BCUT2D eigenvalue weighted by molar-refractivity contribution is 5.86. The Bertz CT molecular complexity index is 1250. The Balaban J connectivity index is 1.75. The van der Waals surface area contributed by atoms with Gasteiger partial charge in [-0.2, -0.15) is 0 Å². The number of aromatic nitrogens is 2. The molecule has 0 bridgehead atoms. The molecular weight excluding hydrogens is 494 g/mol. The molecule has 1 fully saturated rings. The second-order valence-electron chi connectivity index (χ2n) is 9.59. The van der Waals surface area contributed by atoms with Crippen LogP contribution >= 0.6 is 0 Å². The SMILES string of the molecule is COC(OC)(OC(c1ccccc1)(c1ccccc1)c1ccccc1)C1CC(O)C(C(C)=O)N1c1ncc[nH]1. The van der Waals surface area contributed by atoms with Gasteiger partial charge < -0.3 is 29.2 Å². The second kappa shape index (κ2) is 11.1. The third-order valence-corrected chi connectivity index (χ3v) is 7.42. The number of benzene rings is 3. The number of rotatable bonds is 10. The third-order valence-electron chi connectivity index (χ3n) is 7.42. The summed E-state index contributed by atoms with van der Waals surface area (Å²) in [6.07, 6.45) is 2.41. The third kappa shape index (κ3) is 4.66. The summed E-state index contributed by atoms with van der Waals surface area (Å²) in [5, 5.41) is 11.1. The van der Waals surface area contributed by atoms with E-state index >= 15 is 0 Å². The first-order valence-corrected chi connectivity index (χ1v) is 12.9. The molecule has 5 rings (SSSR count). The quantitative estimate of drug-likeness (QED) is 0.235. The Labute approximate surface area is 228 Å². The maximum absolute atomic E-state index is 12.8. The highest BCUT2D eigenvalue weighted by Crippen LogP contribution is 2.47. The van der Waals surface area contributed by atoms with Crippen LogP contribution in [0, 0.1) is 0 Å². The molecule has 1 aromatic heterocycles. The number of aliphatic hydroxyl groups is 1. The van der Waals surface area contributed by atoms with E-state index < -0.39 is 29.8 Å². The number of hydrogen-bond acceptors (Lipinski definition) is 7. The molecule has 39 heavy (non-hydrogen) atoms. The first-order chi connectivity index (χ1) is 19.0. The summed E-state index contributed by atoms with van der Waals surface area (Å²) in [7, 11) is 3.01. The summed E-state index contributed by atoms with van der Waals surface area (Å²) in [5.41, 5.74) is 1.37. The molecule has 2 N–H and O–H groups in total. The number of ketones is 1. The molecule has 2 heterocycles. The Morgan fingerprint density at radius 2 is 1.38 bits per heavy atom. The van der Waals surface area contributed by atoms with Gasteiger partial charge in [-0.25, -0.2) is 4.98 Å². The Morgan fingerprint density at radius 1 is 0.897 bits per heavy atom. The molecule has 4 aromatic rings. The van der Waals surface area contributed by atoms with Crippen molar-refractivity contribution in [2.45, 2.75) is 43.1 Å². The summed E-state index contributed by atoms with van der Waals surface area (Å²) in [5.74, 6) is -1.55. The zero-order chi connectivity index (χ0) is 27.5. The summed E-state index contributed by atoms with van der Waals surface area (Å²) >= 11 is 0. The van der Waals surface area contributed by atoms with Crippen molar-refractivity contribution < 1.29 is 24.1 Å². The predicted molar refractivity (Wildman–Crippen MR) is 147 cm³/mol. The number of methoxy groups -OCH3 is 2. The first kappa shape index (κ1) is 26.8. The molecule has 0 radical (unpaired) electrons. The lowest BCUT2D eigenvalue weighted by molar-refractivity contribution is -0.396. The van der Waals surface area contributed by atoms with Crippen LogP contribution in [0.25, 0.3) is 0 Å². The average molecular weight is 528 g/mol. The van der Waals surface area contributed by atoms with Crippen LogP contribution in [0.5, 0.6) is 0 Å². The maximum Gasteiger partial charge on any atom is 0.305 e. The van der Waals surface area contributed by atoms with Crippen molar-refractivity contribution in [2.24, 2.45) is 0 Å². The number of aromatic amines is 1. The molecule has 0 saturated carbocycles. The van der Waals surface area contributed by atoms with E-state index in [1.807, 2.05) is 91.0 Å². The van der Waals surface area contributed by atoms with Crippen molar-refractivity contribution in [1.82, 2.24) is 9.97 Å². The van der Waals surface area contributed by atoms with Crippen LogP contribution in [0.3, 0.4) is 0 Å². The van der Waals surface area contributed by atoms with E-state index in [2.05, 4.69) is 9.97 Å². The van der Waals surface area contributed by atoms with Gasteiger partial charge in [0.2, 0.25) is 5.95 Å². The smallest absolute Gasteiger partial charge is 0.305 e. The zero-order valence-electron chi connectivity index (χ0n) is 22.2. The lowest BCUT2D eigenvalue weighted by atomic mass is 9.80. The summed E-state index contributed by atoms with van der Waals surface area (Å²) < 4.78 is 19.5. The molecule has 8 nitrogen and oxygen atoms in total. The lowest BCUT2D eigenvalue weighted by Crippen LogP contribution is -2.60. The molecule has 3 atom stereocenters. The first-order valence-electron chi connectivity index (χ1n) is 12.9. The van der Waals surface area contributed by atoms with E-state index in [0.29, 0.717) is 5.95 Å². The van der Waals surface area contributed by atoms with E-state index in [0.717, 1.165) is 16.7 Å². The highest BCUT2D eigenvalue weighted by atomic mass is 16.9. The number of anilines is 1. The van der Waals surface area contributed by atoms with Crippen molar-refractivity contribution in [1.29, 1.82) is 0 Å². The van der Waals surface area contributed by atoms with Crippen LogP contribution in [0.1, 0.15) is 30.0 Å². The molecule has 1 aliphatic heterocycles. The van der Waals surface area contributed by atoms with Crippen molar-refractivity contribution in [3.63, 3.8) is 0 Å². The predicted octanol–water partition coefficient (Wildman–Crippen LogP) is 4.26. The minimum atomic E-state index is -1.75. The van der Waals surface area contributed by atoms with Crippen LogP contribution in [0.4, 0.5) is 5.95 Å². The minimum Gasteiger partial charge on any atom is -0.390 e. The maximum atomic E-state index is 12.8. The van der Waals surface area contributed by atoms with Gasteiger partial charge in [-0.15, -0.1) is 0 Å². The number of Topliss-reactive ketones (excluding diaryl/α,β-unsaturated/α-hetero) is 1. The standard InChI is InChI=1S/C31H33N3O5/c1-22(35)28-26(36)21-27(34(28)29-32-19-20-33-29)31(37-2,38-3)39-30(23-13-7-4-8-14-23,24-15-9-5-10-16-24)25-17-11-6-12-18-25/h4-20,26-28,36H,21H2,1-3H3,(H,32,33). The van der Waals surface area contributed by atoms with Crippen molar-refractivity contribution in [2.75, 3.05) is 19.1 Å².